The molecule has 0 unspecified atom stereocenters. The number of carbonyl (C=O) groups excluding carboxylic acids is 3. The Labute approximate surface area is 185 Å². The third-order valence-corrected chi connectivity index (χ3v) is 6.58. The fourth-order valence-corrected chi connectivity index (χ4v) is 4.58. The van der Waals surface area contributed by atoms with E-state index >= 15 is 0 Å². The number of aryl methyl sites for hydroxylation is 1. The van der Waals surface area contributed by atoms with Gasteiger partial charge in [-0.05, 0) is 63.1 Å². The molecule has 4 atom stereocenters. The second kappa shape index (κ2) is 10.3. The van der Waals surface area contributed by atoms with E-state index in [9.17, 15) is 14.4 Å². The van der Waals surface area contributed by atoms with E-state index in [0.717, 1.165) is 25.7 Å². The first kappa shape index (κ1) is 23.3. The second-order valence-electron chi connectivity index (χ2n) is 9.08. The minimum absolute atomic E-state index is 0.00733. The first-order valence-electron chi connectivity index (χ1n) is 11.5. The van der Waals surface area contributed by atoms with Crippen LogP contribution in [0.5, 0.6) is 0 Å². The molecule has 1 fully saturated rings. The van der Waals surface area contributed by atoms with Gasteiger partial charge in [0.25, 0.3) is 0 Å². The first-order chi connectivity index (χ1) is 14.8. The number of benzene rings is 1. The van der Waals surface area contributed by atoms with Crippen molar-refractivity contribution in [2.75, 3.05) is 13.6 Å². The standard InChI is InChI=1S/C24H36N4O3/c1-15(2)21(27-22(29)16(3)25-4)24(31)28-14-8-13-20(28)23(30)26-19-12-7-10-17-9-5-6-11-18(17)19/h5-6,9,11,15-16,19-21,25H,7-8,10,12-14H2,1-4H3,(H,26,30)(H,27,29)/t16-,19+,20-,21+/m0/s1. The molecule has 1 saturated heterocycles. The number of amides is 3. The number of hydrogen-bond acceptors (Lipinski definition) is 4. The van der Waals surface area contributed by atoms with Crippen LogP contribution < -0.4 is 16.0 Å². The maximum atomic E-state index is 13.3. The molecule has 170 valence electrons. The average Bonchev–Trinajstić information content (AvgIpc) is 3.26. The highest BCUT2D eigenvalue weighted by Crippen LogP contribution is 2.30. The van der Waals surface area contributed by atoms with E-state index < -0.39 is 18.1 Å². The third kappa shape index (κ3) is 5.26. The average molecular weight is 429 g/mol. The molecule has 3 rings (SSSR count). The number of likely N-dealkylation sites (N-methyl/N-ethyl adjacent to an activating group) is 1. The Morgan fingerprint density at radius 3 is 2.52 bits per heavy atom. The van der Waals surface area contributed by atoms with Crippen LogP contribution in [-0.4, -0.2) is 54.3 Å². The normalized spacial score (nSPS) is 22.5. The van der Waals surface area contributed by atoms with Crippen molar-refractivity contribution in [3.05, 3.63) is 35.4 Å². The lowest BCUT2D eigenvalue weighted by molar-refractivity contribution is -0.142. The fourth-order valence-electron chi connectivity index (χ4n) is 4.58. The van der Waals surface area contributed by atoms with Crippen LogP contribution in [0.1, 0.15) is 63.6 Å². The van der Waals surface area contributed by atoms with Crippen LogP contribution in [0.2, 0.25) is 0 Å². The molecule has 1 aliphatic carbocycles. The molecule has 0 spiro atoms. The van der Waals surface area contributed by atoms with Crippen molar-refractivity contribution in [2.24, 2.45) is 5.92 Å². The molecular weight excluding hydrogens is 392 g/mol. The summed E-state index contributed by atoms with van der Waals surface area (Å²) in [5.41, 5.74) is 2.48. The maximum Gasteiger partial charge on any atom is 0.246 e. The van der Waals surface area contributed by atoms with E-state index in [1.54, 1.807) is 18.9 Å². The van der Waals surface area contributed by atoms with Crippen LogP contribution in [0.15, 0.2) is 24.3 Å². The smallest absolute Gasteiger partial charge is 0.246 e. The van der Waals surface area contributed by atoms with Crippen molar-refractivity contribution in [3.63, 3.8) is 0 Å². The van der Waals surface area contributed by atoms with Crippen LogP contribution in [0.25, 0.3) is 0 Å². The highest BCUT2D eigenvalue weighted by molar-refractivity contribution is 5.93. The molecule has 0 aromatic heterocycles. The van der Waals surface area contributed by atoms with Gasteiger partial charge in [0.2, 0.25) is 17.7 Å². The minimum Gasteiger partial charge on any atom is -0.347 e. The summed E-state index contributed by atoms with van der Waals surface area (Å²) < 4.78 is 0. The van der Waals surface area contributed by atoms with Crippen molar-refractivity contribution in [2.45, 2.75) is 77.0 Å². The van der Waals surface area contributed by atoms with Crippen LogP contribution in [0.4, 0.5) is 0 Å². The highest BCUT2D eigenvalue weighted by Gasteiger charge is 2.39. The largest absolute Gasteiger partial charge is 0.347 e. The topological polar surface area (TPSA) is 90.5 Å². The number of nitrogens with zero attached hydrogens (tertiary/aromatic N) is 1. The number of likely N-dealkylation sites (tertiary alicyclic amines) is 1. The van der Waals surface area contributed by atoms with Gasteiger partial charge in [-0.25, -0.2) is 0 Å². The minimum atomic E-state index is -0.646. The summed E-state index contributed by atoms with van der Waals surface area (Å²) in [4.78, 5) is 40.6. The molecule has 0 saturated carbocycles. The van der Waals surface area contributed by atoms with Gasteiger partial charge in [-0.15, -0.1) is 0 Å². The van der Waals surface area contributed by atoms with E-state index in [1.807, 2.05) is 26.0 Å². The van der Waals surface area contributed by atoms with Gasteiger partial charge in [-0.3, -0.25) is 14.4 Å². The molecule has 0 bridgehead atoms. The highest BCUT2D eigenvalue weighted by atomic mass is 16.2. The summed E-state index contributed by atoms with van der Waals surface area (Å²) in [5.74, 6) is -0.554. The van der Waals surface area contributed by atoms with Gasteiger partial charge < -0.3 is 20.9 Å². The Kier molecular flexibility index (Phi) is 7.70. The Hall–Kier alpha value is -2.41. The first-order valence-corrected chi connectivity index (χ1v) is 11.5. The summed E-state index contributed by atoms with van der Waals surface area (Å²) in [7, 11) is 1.71. The fraction of sp³-hybridized carbons (Fsp3) is 0.625. The van der Waals surface area contributed by atoms with Crippen LogP contribution in [0.3, 0.4) is 0 Å². The summed E-state index contributed by atoms with van der Waals surface area (Å²) in [6.07, 6.45) is 4.43. The van der Waals surface area contributed by atoms with Gasteiger partial charge in [0.15, 0.2) is 0 Å². The molecule has 1 aromatic carbocycles. The van der Waals surface area contributed by atoms with Gasteiger partial charge in [0.05, 0.1) is 12.1 Å². The molecule has 3 amide bonds. The van der Waals surface area contributed by atoms with Crippen molar-refractivity contribution in [3.8, 4) is 0 Å². The van der Waals surface area contributed by atoms with Gasteiger partial charge in [0, 0.05) is 6.54 Å². The zero-order chi connectivity index (χ0) is 22.5. The van der Waals surface area contributed by atoms with Crippen LogP contribution in [-0.2, 0) is 20.8 Å². The van der Waals surface area contributed by atoms with Crippen molar-refractivity contribution < 1.29 is 14.4 Å². The summed E-state index contributed by atoms with van der Waals surface area (Å²) in [5, 5.41) is 8.98. The van der Waals surface area contributed by atoms with E-state index in [4.69, 9.17) is 0 Å². The Morgan fingerprint density at radius 1 is 1.06 bits per heavy atom. The third-order valence-electron chi connectivity index (χ3n) is 6.58. The molecule has 31 heavy (non-hydrogen) atoms. The molecule has 3 N–H and O–H groups in total. The lowest BCUT2D eigenvalue weighted by atomic mass is 9.87. The molecule has 0 radical (unpaired) electrons. The maximum absolute atomic E-state index is 13.3. The van der Waals surface area contributed by atoms with Crippen LogP contribution in [0, 0.1) is 5.92 Å². The van der Waals surface area contributed by atoms with Gasteiger partial charge in [0.1, 0.15) is 12.1 Å². The van der Waals surface area contributed by atoms with Crippen molar-refractivity contribution in [1.82, 2.24) is 20.9 Å². The van der Waals surface area contributed by atoms with Crippen LogP contribution >= 0.6 is 0 Å². The Bertz CT molecular complexity index is 810. The zero-order valence-corrected chi connectivity index (χ0v) is 19.1. The summed E-state index contributed by atoms with van der Waals surface area (Å²) in [6.45, 7) is 6.12. The number of nitrogens with one attached hydrogen (secondary N) is 3. The van der Waals surface area contributed by atoms with Crippen molar-refractivity contribution >= 4 is 17.7 Å². The number of rotatable bonds is 7. The van der Waals surface area contributed by atoms with Crippen molar-refractivity contribution in [1.29, 1.82) is 0 Å². The van der Waals surface area contributed by atoms with Gasteiger partial charge in [-0.1, -0.05) is 38.1 Å². The Morgan fingerprint density at radius 2 is 1.81 bits per heavy atom. The molecule has 1 aromatic rings. The lowest BCUT2D eigenvalue weighted by Crippen LogP contribution is -2.57. The molecule has 2 aliphatic rings. The predicted molar refractivity (Wildman–Crippen MR) is 120 cm³/mol. The van der Waals surface area contributed by atoms with E-state index in [0.29, 0.717) is 13.0 Å². The zero-order valence-electron chi connectivity index (χ0n) is 19.1. The monoisotopic (exact) mass is 428 g/mol. The number of fused-ring (bicyclic) bond motifs is 1. The van der Waals surface area contributed by atoms with E-state index in [-0.39, 0.29) is 29.7 Å². The molecule has 7 nitrogen and oxygen atoms in total. The van der Waals surface area contributed by atoms with E-state index in [2.05, 4.69) is 28.1 Å². The summed E-state index contributed by atoms with van der Waals surface area (Å²) in [6, 6.07) is 6.73. The molecule has 1 aliphatic heterocycles. The van der Waals surface area contributed by atoms with Gasteiger partial charge in [-0.2, -0.15) is 0 Å². The second-order valence-corrected chi connectivity index (χ2v) is 9.08. The Balaban J connectivity index is 1.70. The molecular formula is C24H36N4O3. The number of carbonyl (C=O) groups is 3. The molecule has 1 heterocycles. The summed E-state index contributed by atoms with van der Waals surface area (Å²) >= 11 is 0. The lowest BCUT2D eigenvalue weighted by Gasteiger charge is -2.33. The van der Waals surface area contributed by atoms with E-state index in [1.165, 1.54) is 11.1 Å². The predicted octanol–water partition coefficient (Wildman–Crippen LogP) is 1.92. The SMILES string of the molecule is CN[C@@H](C)C(=O)N[C@@H](C(=O)N1CCC[C@H]1C(=O)N[C@@H]1CCCc2ccccc21)C(C)C. The molecule has 7 heteroatoms. The number of hydrogen-bond donors (Lipinski definition) is 3. The quantitative estimate of drug-likeness (QED) is 0.619. The van der Waals surface area contributed by atoms with Gasteiger partial charge >= 0.3 is 0 Å².